The number of ether oxygens (including phenoxy) is 1. The van der Waals surface area contributed by atoms with Crippen molar-refractivity contribution < 1.29 is 9.53 Å². The molecule has 0 aliphatic carbocycles. The summed E-state index contributed by atoms with van der Waals surface area (Å²) in [6.07, 6.45) is 4.90. The molecule has 0 N–H and O–H groups in total. The number of amides is 1. The summed E-state index contributed by atoms with van der Waals surface area (Å²) in [7, 11) is 0. The maximum Gasteiger partial charge on any atom is 0.271 e. The van der Waals surface area contributed by atoms with E-state index >= 15 is 0 Å². The molecule has 2 heterocycles. The van der Waals surface area contributed by atoms with E-state index in [0.717, 1.165) is 53.6 Å². The second kappa shape index (κ2) is 8.46. The Balaban J connectivity index is 1.73. The third-order valence-corrected chi connectivity index (χ3v) is 6.00. The molecule has 0 aromatic heterocycles. The lowest BCUT2D eigenvalue weighted by molar-refractivity contribution is -0.113. The van der Waals surface area contributed by atoms with Gasteiger partial charge in [0.1, 0.15) is 5.75 Å². The molecule has 150 valence electrons. The second-order valence-electron chi connectivity index (χ2n) is 7.56. The number of para-hydroxylation sites is 1. The van der Waals surface area contributed by atoms with E-state index in [1.54, 1.807) is 4.90 Å². The van der Waals surface area contributed by atoms with Crippen molar-refractivity contribution in [1.82, 2.24) is 0 Å². The van der Waals surface area contributed by atoms with Gasteiger partial charge in [-0.25, -0.2) is 0 Å². The maximum atomic E-state index is 13.4. The molecular weight excluding hydrogens is 380 g/mol. The van der Waals surface area contributed by atoms with Gasteiger partial charge in [0.25, 0.3) is 5.91 Å². The monoisotopic (exact) mass is 406 g/mol. The van der Waals surface area contributed by atoms with Crippen LogP contribution >= 0.6 is 11.8 Å². The highest BCUT2D eigenvalue weighted by Gasteiger charge is 2.35. The molecule has 2 aliphatic heterocycles. The van der Waals surface area contributed by atoms with Crippen LogP contribution in [0.3, 0.4) is 0 Å². The number of anilines is 1. The fourth-order valence-corrected chi connectivity index (χ4v) is 4.75. The van der Waals surface area contributed by atoms with Gasteiger partial charge in [-0.15, -0.1) is 0 Å². The number of nitrogens with zero attached hydrogens (tertiary/aromatic N) is 2. The molecule has 0 bridgehead atoms. The van der Waals surface area contributed by atoms with Crippen molar-refractivity contribution in [3.8, 4) is 5.75 Å². The van der Waals surface area contributed by atoms with Crippen LogP contribution in [0, 0.1) is 0 Å². The van der Waals surface area contributed by atoms with Gasteiger partial charge in [-0.3, -0.25) is 14.7 Å². The normalized spacial score (nSPS) is 19.2. The highest BCUT2D eigenvalue weighted by atomic mass is 32.2. The van der Waals surface area contributed by atoms with Crippen LogP contribution in [0.5, 0.6) is 5.75 Å². The summed E-state index contributed by atoms with van der Waals surface area (Å²) in [4.78, 5) is 20.6. The first kappa shape index (κ1) is 19.8. The topological polar surface area (TPSA) is 41.9 Å². The second-order valence-corrected chi connectivity index (χ2v) is 8.57. The summed E-state index contributed by atoms with van der Waals surface area (Å²) < 4.78 is 5.71. The third-order valence-electron chi connectivity index (χ3n) is 5.02. The lowest BCUT2D eigenvalue weighted by Crippen LogP contribution is -2.30. The van der Waals surface area contributed by atoms with E-state index in [-0.39, 0.29) is 11.9 Å². The minimum Gasteiger partial charge on any atom is -0.493 e. The number of benzene rings is 2. The minimum absolute atomic E-state index is 0.00993. The number of hydrogen-bond acceptors (Lipinski definition) is 4. The van der Waals surface area contributed by atoms with Gasteiger partial charge < -0.3 is 4.74 Å². The van der Waals surface area contributed by atoms with Crippen molar-refractivity contribution >= 4 is 34.6 Å². The van der Waals surface area contributed by atoms with Crippen LogP contribution in [-0.4, -0.2) is 23.7 Å². The van der Waals surface area contributed by atoms with E-state index in [1.807, 2.05) is 50.3 Å². The van der Waals surface area contributed by atoms with Crippen LogP contribution in [0.25, 0.3) is 6.08 Å². The molecule has 29 heavy (non-hydrogen) atoms. The lowest BCUT2D eigenvalue weighted by atomic mass is 10.0. The molecular formula is C24H26N2O2S. The molecule has 0 spiro atoms. The van der Waals surface area contributed by atoms with Crippen LogP contribution in [0.2, 0.25) is 0 Å². The first-order chi connectivity index (χ1) is 14.1. The van der Waals surface area contributed by atoms with Gasteiger partial charge in [0, 0.05) is 6.04 Å². The lowest BCUT2D eigenvalue weighted by Gasteiger charge is -2.19. The van der Waals surface area contributed by atoms with E-state index in [4.69, 9.17) is 9.73 Å². The van der Waals surface area contributed by atoms with Crippen LogP contribution in [0.15, 0.2) is 52.4 Å². The summed E-state index contributed by atoms with van der Waals surface area (Å²) in [5, 5.41) is 0.749. The van der Waals surface area contributed by atoms with E-state index in [9.17, 15) is 4.79 Å². The number of rotatable bonds is 4. The van der Waals surface area contributed by atoms with Gasteiger partial charge in [-0.1, -0.05) is 31.2 Å². The predicted octanol–water partition coefficient (Wildman–Crippen LogP) is 5.46. The number of thioether (sulfide) groups is 1. The Kier molecular flexibility index (Phi) is 5.76. The molecule has 4 rings (SSSR count). The number of fused-ring (bicyclic) bond motifs is 1. The number of aliphatic imine (C=N–C) groups is 1. The van der Waals surface area contributed by atoms with Gasteiger partial charge in [0.15, 0.2) is 5.17 Å². The zero-order chi connectivity index (χ0) is 20.4. The molecule has 4 nitrogen and oxygen atoms in total. The molecule has 0 atom stereocenters. The average Bonchev–Trinajstić information content (AvgIpc) is 3.01. The van der Waals surface area contributed by atoms with Crippen molar-refractivity contribution in [1.29, 1.82) is 0 Å². The zero-order valence-electron chi connectivity index (χ0n) is 17.1. The fraction of sp³-hybridized carbons (Fsp3) is 0.333. The summed E-state index contributed by atoms with van der Waals surface area (Å²) in [6.45, 7) is 6.96. The molecule has 1 fully saturated rings. The van der Waals surface area contributed by atoms with E-state index < -0.39 is 0 Å². The highest BCUT2D eigenvalue weighted by Crippen LogP contribution is 2.38. The quantitative estimate of drug-likeness (QED) is 0.633. The van der Waals surface area contributed by atoms with E-state index in [2.05, 4.69) is 19.1 Å². The van der Waals surface area contributed by atoms with Crippen molar-refractivity contribution in [2.75, 3.05) is 11.5 Å². The van der Waals surface area contributed by atoms with Crippen molar-refractivity contribution in [2.45, 2.75) is 46.1 Å². The average molecular weight is 407 g/mol. The summed E-state index contributed by atoms with van der Waals surface area (Å²) in [5.74, 6) is 0.952. The molecule has 2 aromatic rings. The number of carbonyl (C=O) groups is 1. The van der Waals surface area contributed by atoms with Crippen molar-refractivity contribution in [3.05, 3.63) is 64.1 Å². The standard InChI is InChI=1S/C24H26N2O2S/c1-4-18-8-5-6-10-20(18)26-23(27)22(29-24(26)25-16(2)3)15-17-11-12-21-19(14-17)9-7-13-28-21/h5-6,8,10-12,14-16H,4,7,9,13H2,1-3H3/b22-15-,25-24-. The summed E-state index contributed by atoms with van der Waals surface area (Å²) >= 11 is 1.46. The smallest absolute Gasteiger partial charge is 0.271 e. The Morgan fingerprint density at radius 2 is 2.07 bits per heavy atom. The first-order valence-electron chi connectivity index (χ1n) is 10.2. The number of amidine groups is 1. The van der Waals surface area contributed by atoms with Crippen molar-refractivity contribution in [3.63, 3.8) is 0 Å². The van der Waals surface area contributed by atoms with Gasteiger partial charge in [-0.05, 0) is 85.8 Å². The molecule has 2 aromatic carbocycles. The maximum absolute atomic E-state index is 13.4. The highest BCUT2D eigenvalue weighted by molar-refractivity contribution is 8.19. The number of carbonyl (C=O) groups excluding carboxylic acids is 1. The molecule has 5 heteroatoms. The van der Waals surface area contributed by atoms with Crippen LogP contribution in [0.1, 0.15) is 43.9 Å². The number of aryl methyl sites for hydroxylation is 2. The summed E-state index contributed by atoms with van der Waals surface area (Å²) in [6, 6.07) is 14.4. The van der Waals surface area contributed by atoms with Gasteiger partial charge in [0.2, 0.25) is 0 Å². The Morgan fingerprint density at radius 1 is 1.24 bits per heavy atom. The minimum atomic E-state index is -0.00993. The molecule has 1 amide bonds. The Bertz CT molecular complexity index is 994. The third kappa shape index (κ3) is 4.10. The first-order valence-corrected chi connectivity index (χ1v) is 11.0. The molecule has 1 saturated heterocycles. The fourth-order valence-electron chi connectivity index (χ4n) is 3.64. The van der Waals surface area contributed by atoms with Gasteiger partial charge in [-0.2, -0.15) is 0 Å². The zero-order valence-corrected chi connectivity index (χ0v) is 18.0. The van der Waals surface area contributed by atoms with Crippen molar-refractivity contribution in [2.24, 2.45) is 4.99 Å². The largest absolute Gasteiger partial charge is 0.493 e. The van der Waals surface area contributed by atoms with E-state index in [0.29, 0.717) is 4.91 Å². The molecule has 0 unspecified atom stereocenters. The molecule has 0 saturated carbocycles. The number of hydrogen-bond donors (Lipinski definition) is 0. The van der Waals surface area contributed by atoms with Crippen LogP contribution in [-0.2, 0) is 17.6 Å². The van der Waals surface area contributed by atoms with Gasteiger partial charge in [0.05, 0.1) is 17.2 Å². The Morgan fingerprint density at radius 3 is 2.86 bits per heavy atom. The van der Waals surface area contributed by atoms with Crippen LogP contribution in [0.4, 0.5) is 5.69 Å². The van der Waals surface area contributed by atoms with Gasteiger partial charge >= 0.3 is 0 Å². The van der Waals surface area contributed by atoms with Crippen LogP contribution < -0.4 is 9.64 Å². The molecule has 0 radical (unpaired) electrons. The summed E-state index contributed by atoms with van der Waals surface area (Å²) in [5.41, 5.74) is 4.31. The predicted molar refractivity (Wildman–Crippen MR) is 122 cm³/mol. The SMILES string of the molecule is CCc1ccccc1N1C(=O)/C(=C/c2ccc3c(c2)CCCO3)S/C1=N\C(C)C. The Hall–Kier alpha value is -2.53. The van der Waals surface area contributed by atoms with E-state index in [1.165, 1.54) is 17.3 Å². The molecule has 2 aliphatic rings. The Labute approximate surface area is 176 Å².